The van der Waals surface area contributed by atoms with E-state index in [4.69, 9.17) is 9.26 Å². The van der Waals surface area contributed by atoms with Crippen LogP contribution in [0.15, 0.2) is 167 Å². The summed E-state index contributed by atoms with van der Waals surface area (Å²) in [5.41, 5.74) is 1.54. The van der Waals surface area contributed by atoms with E-state index in [9.17, 15) is 24.0 Å². The van der Waals surface area contributed by atoms with Crippen LogP contribution in [-0.2, 0) is 31.1 Å². The highest BCUT2D eigenvalue weighted by Gasteiger charge is 2.38. The highest BCUT2D eigenvalue weighted by molar-refractivity contribution is 6.02. The predicted octanol–water partition coefficient (Wildman–Crippen LogP) is 6.67. The molecule has 0 radical (unpaired) electrons. The molecule has 2 aromatic heterocycles. The van der Waals surface area contributed by atoms with Crippen molar-refractivity contribution in [3.05, 3.63) is 202 Å². The molecule has 0 spiro atoms. The van der Waals surface area contributed by atoms with Gasteiger partial charge < -0.3 is 29.8 Å². The third-order valence-corrected chi connectivity index (χ3v) is 9.70. The minimum atomic E-state index is -1.11. The lowest BCUT2D eigenvalue weighted by atomic mass is 9.77. The van der Waals surface area contributed by atoms with Crippen molar-refractivity contribution in [1.29, 1.82) is 0 Å². The van der Waals surface area contributed by atoms with Crippen molar-refractivity contribution >= 4 is 29.4 Å². The summed E-state index contributed by atoms with van der Waals surface area (Å²) in [6.07, 6.45) is 4.31. The average molecular weight is 792 g/mol. The number of anilines is 1. The van der Waals surface area contributed by atoms with E-state index in [0.29, 0.717) is 5.76 Å². The monoisotopic (exact) mass is 791 g/mol. The van der Waals surface area contributed by atoms with Gasteiger partial charge in [-0.05, 0) is 54.7 Å². The smallest absolute Gasteiger partial charge is 0.330 e. The van der Waals surface area contributed by atoms with Crippen LogP contribution in [0, 0.1) is 6.92 Å². The Balaban J connectivity index is 1.29. The number of carbonyl (C=O) groups is 4. The lowest BCUT2D eigenvalue weighted by Crippen LogP contribution is -2.48. The van der Waals surface area contributed by atoms with Gasteiger partial charge in [-0.1, -0.05) is 133 Å². The molecule has 4 aromatic carbocycles. The van der Waals surface area contributed by atoms with E-state index in [1.54, 1.807) is 19.9 Å². The van der Waals surface area contributed by atoms with Crippen LogP contribution in [0.5, 0.6) is 0 Å². The third kappa shape index (κ3) is 10.3. The van der Waals surface area contributed by atoms with E-state index < -0.39 is 41.0 Å². The lowest BCUT2D eigenvalue weighted by Gasteiger charge is -2.37. The number of aromatic nitrogens is 2. The van der Waals surface area contributed by atoms with E-state index in [2.05, 4.69) is 21.1 Å². The van der Waals surface area contributed by atoms with Crippen LogP contribution in [0.3, 0.4) is 0 Å². The van der Waals surface area contributed by atoms with Crippen molar-refractivity contribution in [3.8, 4) is 0 Å². The molecule has 0 aliphatic rings. The zero-order chi connectivity index (χ0) is 41.6. The molecule has 12 nitrogen and oxygen atoms in total. The van der Waals surface area contributed by atoms with Crippen LogP contribution < -0.4 is 21.5 Å². The molecule has 0 aliphatic heterocycles. The molecule has 6 aromatic rings. The van der Waals surface area contributed by atoms with E-state index in [0.717, 1.165) is 22.3 Å². The summed E-state index contributed by atoms with van der Waals surface area (Å²) in [5.74, 6) is -1.72. The fourth-order valence-corrected chi connectivity index (χ4v) is 6.88. The standard InChI is InChI=1S/C47H45N5O7/c1-3-58-43(54)29-27-38(26-28-42(53)50-47(35-19-10-5-11-20-35,36-21-12-6-13-22-36)37-23-14-7-15-24-37)48-45(56)41(32-34-17-8-4-9-18-34)52-30-16-25-39(46(52)57)49-44(55)40-31-33(2)59-51-40/h4-25,27,29-31,38,41H,3,26,28,32H2,1-2H3,(H,48,56)(H,49,55)(H,50,53)/b29-27+/t38-,41-/m0/s1. The molecular formula is C47H45N5O7. The van der Waals surface area contributed by atoms with Gasteiger partial charge in [0.1, 0.15) is 23.0 Å². The lowest BCUT2D eigenvalue weighted by molar-refractivity contribution is -0.137. The van der Waals surface area contributed by atoms with Crippen molar-refractivity contribution < 1.29 is 28.4 Å². The van der Waals surface area contributed by atoms with Gasteiger partial charge in [0.2, 0.25) is 11.8 Å². The minimum absolute atomic E-state index is 0.00954. The summed E-state index contributed by atoms with van der Waals surface area (Å²) in [4.78, 5) is 68.1. The van der Waals surface area contributed by atoms with Crippen molar-refractivity contribution in [2.45, 2.75) is 50.7 Å². The summed E-state index contributed by atoms with van der Waals surface area (Å²) in [6, 6.07) is 40.8. The number of amides is 3. The SMILES string of the molecule is CCOC(=O)/C=C/[C@H](CCC(=O)NC(c1ccccc1)(c1ccccc1)c1ccccc1)NC(=O)[C@H](Cc1ccccc1)n1cccc(NC(=O)c2cc(C)on2)c1=O. The Morgan fingerprint density at radius 1 is 0.814 bits per heavy atom. The van der Waals surface area contributed by atoms with Crippen LogP contribution in [0.25, 0.3) is 0 Å². The highest BCUT2D eigenvalue weighted by atomic mass is 16.5. The predicted molar refractivity (Wildman–Crippen MR) is 223 cm³/mol. The fraction of sp³-hybridized carbons (Fsp3) is 0.191. The Hall–Kier alpha value is -7.34. The van der Waals surface area contributed by atoms with Gasteiger partial charge in [-0.2, -0.15) is 0 Å². The first kappa shape index (κ1) is 41.3. The number of hydrogen-bond donors (Lipinski definition) is 3. The summed E-state index contributed by atoms with van der Waals surface area (Å²) >= 11 is 0. The Labute approximate surface area is 341 Å². The molecule has 0 saturated carbocycles. The van der Waals surface area contributed by atoms with Crippen molar-refractivity contribution in [1.82, 2.24) is 20.4 Å². The number of rotatable bonds is 17. The molecule has 3 amide bonds. The first-order chi connectivity index (χ1) is 28.7. The molecule has 300 valence electrons. The van der Waals surface area contributed by atoms with E-state index in [1.165, 1.54) is 35.0 Å². The van der Waals surface area contributed by atoms with Crippen molar-refractivity contribution in [2.24, 2.45) is 0 Å². The zero-order valence-electron chi connectivity index (χ0n) is 32.7. The molecule has 12 heteroatoms. The summed E-state index contributed by atoms with van der Waals surface area (Å²) in [5, 5.41) is 12.6. The van der Waals surface area contributed by atoms with Gasteiger partial charge in [0, 0.05) is 37.2 Å². The quantitative estimate of drug-likeness (QED) is 0.0524. The van der Waals surface area contributed by atoms with E-state index in [1.807, 2.05) is 121 Å². The number of carbonyl (C=O) groups excluding carboxylic acids is 4. The van der Waals surface area contributed by atoms with Crippen molar-refractivity contribution in [2.75, 3.05) is 11.9 Å². The maximum Gasteiger partial charge on any atom is 0.330 e. The van der Waals surface area contributed by atoms with Gasteiger partial charge in [-0.15, -0.1) is 0 Å². The van der Waals surface area contributed by atoms with Gasteiger partial charge in [0.05, 0.1) is 6.61 Å². The fourth-order valence-electron chi connectivity index (χ4n) is 6.88. The molecule has 2 heterocycles. The Bertz CT molecular complexity index is 2330. The third-order valence-electron chi connectivity index (χ3n) is 9.70. The number of benzene rings is 4. The zero-order valence-corrected chi connectivity index (χ0v) is 32.7. The first-order valence-electron chi connectivity index (χ1n) is 19.3. The second-order valence-electron chi connectivity index (χ2n) is 13.8. The molecule has 59 heavy (non-hydrogen) atoms. The molecule has 0 fully saturated rings. The normalized spacial score (nSPS) is 12.3. The Morgan fingerprint density at radius 2 is 1.39 bits per heavy atom. The van der Waals surface area contributed by atoms with E-state index >= 15 is 0 Å². The second kappa shape index (κ2) is 19.7. The Kier molecular flexibility index (Phi) is 13.8. The number of hydrogen-bond acceptors (Lipinski definition) is 8. The summed E-state index contributed by atoms with van der Waals surface area (Å²) < 4.78 is 11.4. The first-order valence-corrected chi connectivity index (χ1v) is 19.3. The van der Waals surface area contributed by atoms with Gasteiger partial charge in [0.15, 0.2) is 5.69 Å². The van der Waals surface area contributed by atoms with Gasteiger partial charge in [0.25, 0.3) is 11.5 Å². The molecule has 0 unspecified atom stereocenters. The summed E-state index contributed by atoms with van der Waals surface area (Å²) in [7, 11) is 0. The van der Waals surface area contributed by atoms with Gasteiger partial charge >= 0.3 is 5.97 Å². The number of nitrogens with one attached hydrogen (secondary N) is 3. The molecule has 0 aliphatic carbocycles. The maximum atomic E-state index is 14.4. The van der Waals surface area contributed by atoms with Crippen LogP contribution in [-0.4, -0.2) is 46.1 Å². The number of nitrogens with zero attached hydrogens (tertiary/aromatic N) is 2. The summed E-state index contributed by atoms with van der Waals surface area (Å²) in [6.45, 7) is 3.47. The van der Waals surface area contributed by atoms with Crippen LogP contribution in [0.4, 0.5) is 5.69 Å². The van der Waals surface area contributed by atoms with Crippen LogP contribution in [0.2, 0.25) is 0 Å². The topological polar surface area (TPSA) is 162 Å². The minimum Gasteiger partial charge on any atom is -0.463 e. The van der Waals surface area contributed by atoms with Crippen LogP contribution in [0.1, 0.15) is 64.3 Å². The molecule has 6 rings (SSSR count). The van der Waals surface area contributed by atoms with Gasteiger partial charge in [-0.3, -0.25) is 19.2 Å². The average Bonchev–Trinajstić information content (AvgIpc) is 3.71. The number of ether oxygens (including phenoxy) is 1. The van der Waals surface area contributed by atoms with Gasteiger partial charge in [-0.25, -0.2) is 4.79 Å². The largest absolute Gasteiger partial charge is 0.463 e. The van der Waals surface area contributed by atoms with E-state index in [-0.39, 0.29) is 43.2 Å². The Morgan fingerprint density at radius 3 is 1.93 bits per heavy atom. The number of pyridine rings is 1. The molecule has 0 bridgehead atoms. The molecule has 0 saturated heterocycles. The van der Waals surface area contributed by atoms with Crippen LogP contribution >= 0.6 is 0 Å². The molecule has 2 atom stereocenters. The highest BCUT2D eigenvalue weighted by Crippen LogP contribution is 2.37. The number of esters is 1. The maximum absolute atomic E-state index is 14.4. The molecular weight excluding hydrogens is 747 g/mol. The second-order valence-corrected chi connectivity index (χ2v) is 13.8. The molecule has 3 N–H and O–H groups in total. The van der Waals surface area contributed by atoms with Crippen molar-refractivity contribution in [3.63, 3.8) is 0 Å². The number of aryl methyl sites for hydroxylation is 1.